The van der Waals surface area contributed by atoms with E-state index in [1.54, 1.807) is 4.90 Å². The van der Waals surface area contributed by atoms with Crippen molar-refractivity contribution in [2.75, 3.05) is 19.9 Å². The number of rotatable bonds is 2. The van der Waals surface area contributed by atoms with Crippen LogP contribution in [-0.4, -0.2) is 41.8 Å². The van der Waals surface area contributed by atoms with Crippen molar-refractivity contribution in [3.8, 4) is 0 Å². The Morgan fingerprint density at radius 2 is 2.00 bits per heavy atom. The van der Waals surface area contributed by atoms with E-state index in [0.717, 1.165) is 0 Å². The van der Waals surface area contributed by atoms with Crippen LogP contribution in [0.2, 0.25) is 0 Å². The molecule has 1 aliphatic carbocycles. The number of nitrogens with zero attached hydrogens (tertiary/aromatic N) is 1. The van der Waals surface area contributed by atoms with Gasteiger partial charge in [0.2, 0.25) is 5.91 Å². The second kappa shape index (κ2) is 3.57. The van der Waals surface area contributed by atoms with E-state index in [-0.39, 0.29) is 11.8 Å². The van der Waals surface area contributed by atoms with Crippen molar-refractivity contribution < 1.29 is 19.4 Å². The van der Waals surface area contributed by atoms with Crippen LogP contribution in [0.4, 0.5) is 0 Å². The molecule has 0 aromatic heterocycles. The summed E-state index contributed by atoms with van der Waals surface area (Å²) in [6.07, 6.45) is 1.33. The van der Waals surface area contributed by atoms with Gasteiger partial charge in [0, 0.05) is 6.54 Å². The lowest BCUT2D eigenvalue weighted by Crippen LogP contribution is -2.45. The highest BCUT2D eigenvalue weighted by atomic mass is 16.5. The van der Waals surface area contributed by atoms with Crippen molar-refractivity contribution in [3.63, 3.8) is 0 Å². The monoisotopic (exact) mass is 199 g/mol. The second-order valence-electron chi connectivity index (χ2n) is 3.77. The van der Waals surface area contributed by atoms with E-state index < -0.39 is 11.9 Å². The molecule has 1 N–H and O–H groups in total. The maximum atomic E-state index is 11.7. The van der Waals surface area contributed by atoms with Gasteiger partial charge in [0.1, 0.15) is 6.73 Å². The third-order valence-electron chi connectivity index (χ3n) is 2.97. The first kappa shape index (κ1) is 9.45. The smallest absolute Gasteiger partial charge is 0.307 e. The van der Waals surface area contributed by atoms with E-state index in [1.165, 1.54) is 0 Å². The van der Waals surface area contributed by atoms with Crippen LogP contribution in [0.5, 0.6) is 0 Å². The lowest BCUT2D eigenvalue weighted by Gasteiger charge is -2.34. The third kappa shape index (κ3) is 1.48. The van der Waals surface area contributed by atoms with Crippen LogP contribution in [0.1, 0.15) is 12.8 Å². The molecule has 2 atom stereocenters. The molecule has 0 aromatic rings. The fourth-order valence-electron chi connectivity index (χ4n) is 1.91. The number of ether oxygens (including phenoxy) is 1. The predicted molar refractivity (Wildman–Crippen MR) is 46.4 cm³/mol. The quantitative estimate of drug-likeness (QED) is 0.675. The van der Waals surface area contributed by atoms with Gasteiger partial charge in [-0.3, -0.25) is 9.59 Å². The first-order valence-corrected chi connectivity index (χ1v) is 4.79. The van der Waals surface area contributed by atoms with Gasteiger partial charge < -0.3 is 14.7 Å². The van der Waals surface area contributed by atoms with Gasteiger partial charge in [-0.25, -0.2) is 0 Å². The van der Waals surface area contributed by atoms with Crippen LogP contribution in [-0.2, 0) is 14.3 Å². The predicted octanol–water partition coefficient (Wildman–Crippen LogP) is -0.0865. The van der Waals surface area contributed by atoms with E-state index in [4.69, 9.17) is 9.84 Å². The van der Waals surface area contributed by atoms with Crippen LogP contribution >= 0.6 is 0 Å². The number of carbonyl (C=O) groups is 2. The van der Waals surface area contributed by atoms with Gasteiger partial charge >= 0.3 is 5.97 Å². The number of carboxylic acid groups (broad SMARTS) is 1. The summed E-state index contributed by atoms with van der Waals surface area (Å²) in [6.45, 7) is 1.49. The van der Waals surface area contributed by atoms with Crippen molar-refractivity contribution in [2.45, 2.75) is 12.8 Å². The normalized spacial score (nSPS) is 31.3. The zero-order valence-corrected chi connectivity index (χ0v) is 7.81. The Morgan fingerprint density at radius 3 is 2.43 bits per heavy atom. The Balaban J connectivity index is 1.94. The maximum absolute atomic E-state index is 11.7. The minimum atomic E-state index is -0.852. The number of amides is 1. The summed E-state index contributed by atoms with van der Waals surface area (Å²) in [4.78, 5) is 24.0. The molecule has 5 nitrogen and oxygen atoms in total. The first-order chi connectivity index (χ1) is 6.70. The molecule has 5 heteroatoms. The molecule has 1 aliphatic heterocycles. The van der Waals surface area contributed by atoms with Crippen LogP contribution in [0.3, 0.4) is 0 Å². The summed E-state index contributed by atoms with van der Waals surface area (Å²) < 4.78 is 5.05. The molecule has 78 valence electrons. The fraction of sp³-hybridized carbons (Fsp3) is 0.778. The van der Waals surface area contributed by atoms with Crippen LogP contribution in [0.25, 0.3) is 0 Å². The molecule has 0 radical (unpaired) electrons. The van der Waals surface area contributed by atoms with Gasteiger partial charge in [-0.05, 0) is 12.8 Å². The molecule has 14 heavy (non-hydrogen) atoms. The Bertz CT molecular complexity index is 260. The molecule has 1 saturated carbocycles. The highest BCUT2D eigenvalue weighted by Crippen LogP contribution is 2.36. The summed E-state index contributed by atoms with van der Waals surface area (Å²) in [6, 6.07) is 0. The van der Waals surface area contributed by atoms with Gasteiger partial charge in [0.05, 0.1) is 18.4 Å². The molecule has 0 bridgehead atoms. The van der Waals surface area contributed by atoms with Crippen molar-refractivity contribution >= 4 is 11.9 Å². The standard InChI is InChI=1S/C9H13NO4/c11-8(10-3-4-14-5-10)6-1-2-7(6)9(12)13/h6-7H,1-5H2,(H,12,13). The van der Waals surface area contributed by atoms with Crippen molar-refractivity contribution in [2.24, 2.45) is 11.8 Å². The Kier molecular flexibility index (Phi) is 2.41. The lowest BCUT2D eigenvalue weighted by molar-refractivity contribution is -0.156. The van der Waals surface area contributed by atoms with Crippen molar-refractivity contribution in [1.82, 2.24) is 4.90 Å². The SMILES string of the molecule is O=C(O)C1CCC1C(=O)N1CCOC1. The van der Waals surface area contributed by atoms with E-state index >= 15 is 0 Å². The summed E-state index contributed by atoms with van der Waals surface area (Å²) in [5.41, 5.74) is 0. The Hall–Kier alpha value is -1.10. The number of carboxylic acids is 1. The van der Waals surface area contributed by atoms with Crippen LogP contribution < -0.4 is 0 Å². The largest absolute Gasteiger partial charge is 0.481 e. The van der Waals surface area contributed by atoms with Gasteiger partial charge in [-0.2, -0.15) is 0 Å². The maximum Gasteiger partial charge on any atom is 0.307 e. The van der Waals surface area contributed by atoms with E-state index in [2.05, 4.69) is 0 Å². The molecule has 0 aromatic carbocycles. The van der Waals surface area contributed by atoms with Gasteiger partial charge in [-0.1, -0.05) is 0 Å². The topological polar surface area (TPSA) is 66.8 Å². The van der Waals surface area contributed by atoms with E-state index in [9.17, 15) is 9.59 Å². The molecular weight excluding hydrogens is 186 g/mol. The average molecular weight is 199 g/mol. The minimum absolute atomic E-state index is 0.0545. The van der Waals surface area contributed by atoms with Gasteiger partial charge in [0.15, 0.2) is 0 Å². The average Bonchev–Trinajstić information content (AvgIpc) is 2.51. The molecule has 1 amide bonds. The van der Waals surface area contributed by atoms with Crippen LogP contribution in [0.15, 0.2) is 0 Å². The summed E-state index contributed by atoms with van der Waals surface area (Å²) in [7, 11) is 0. The first-order valence-electron chi connectivity index (χ1n) is 4.79. The number of aliphatic carboxylic acids is 1. The van der Waals surface area contributed by atoms with Gasteiger partial charge in [0.25, 0.3) is 0 Å². The number of carbonyl (C=O) groups excluding carboxylic acids is 1. The van der Waals surface area contributed by atoms with Gasteiger partial charge in [-0.15, -0.1) is 0 Å². The highest BCUT2D eigenvalue weighted by Gasteiger charge is 2.43. The van der Waals surface area contributed by atoms with E-state index in [0.29, 0.717) is 32.7 Å². The molecule has 0 spiro atoms. The third-order valence-corrected chi connectivity index (χ3v) is 2.97. The number of hydrogen-bond donors (Lipinski definition) is 1. The molecule has 1 saturated heterocycles. The fourth-order valence-corrected chi connectivity index (χ4v) is 1.91. The molecule has 2 aliphatic rings. The zero-order chi connectivity index (χ0) is 10.1. The molecule has 2 unspecified atom stereocenters. The molecule has 2 fully saturated rings. The minimum Gasteiger partial charge on any atom is -0.481 e. The molecule has 2 rings (SSSR count). The zero-order valence-electron chi connectivity index (χ0n) is 7.81. The second-order valence-corrected chi connectivity index (χ2v) is 3.77. The lowest BCUT2D eigenvalue weighted by atomic mass is 9.73. The van der Waals surface area contributed by atoms with Crippen LogP contribution in [0, 0.1) is 11.8 Å². The molecule has 1 heterocycles. The summed E-state index contributed by atoms with van der Waals surface area (Å²) in [5.74, 6) is -1.69. The van der Waals surface area contributed by atoms with Crippen molar-refractivity contribution in [1.29, 1.82) is 0 Å². The van der Waals surface area contributed by atoms with E-state index in [1.807, 2.05) is 0 Å². The molecular formula is C9H13NO4. The Morgan fingerprint density at radius 1 is 1.29 bits per heavy atom. The number of hydrogen-bond acceptors (Lipinski definition) is 3. The highest BCUT2D eigenvalue weighted by molar-refractivity contribution is 5.86. The summed E-state index contributed by atoms with van der Waals surface area (Å²) in [5, 5.41) is 8.79. The van der Waals surface area contributed by atoms with Crippen molar-refractivity contribution in [3.05, 3.63) is 0 Å². The summed E-state index contributed by atoms with van der Waals surface area (Å²) >= 11 is 0. The Labute approximate surface area is 81.6 Å².